The Balaban J connectivity index is 0.00000261. The molecule has 1 radical (unpaired) electrons. The number of benzene rings is 2. The molecule has 1 heterocycles. The van der Waals surface area contributed by atoms with Crippen LogP contribution in [0.3, 0.4) is 0 Å². The second-order valence-corrected chi connectivity index (χ2v) is 5.78. The van der Waals surface area contributed by atoms with E-state index < -0.39 is 0 Å². The third-order valence-electron chi connectivity index (χ3n) is 4.17. The maximum absolute atomic E-state index is 12.8. The first-order chi connectivity index (χ1) is 12.5. The van der Waals surface area contributed by atoms with E-state index in [2.05, 4.69) is 4.99 Å². The Hall–Kier alpha value is -2.76. The Morgan fingerprint density at radius 3 is 2.52 bits per heavy atom. The molecule has 0 bridgehead atoms. The van der Waals surface area contributed by atoms with Crippen LogP contribution in [0.1, 0.15) is 18.2 Å². The van der Waals surface area contributed by atoms with Gasteiger partial charge < -0.3 is 9.84 Å². The molecule has 0 N–H and O–H groups in total. The van der Waals surface area contributed by atoms with Gasteiger partial charge in [-0.3, -0.25) is 9.48 Å². The summed E-state index contributed by atoms with van der Waals surface area (Å²) >= 11 is 0. The van der Waals surface area contributed by atoms with Crippen molar-refractivity contribution in [3.8, 4) is 17.2 Å². The number of rotatable bonds is 5. The third-order valence-corrected chi connectivity index (χ3v) is 4.17. The van der Waals surface area contributed by atoms with Gasteiger partial charge in [0.05, 0.1) is 18.0 Å². The summed E-state index contributed by atoms with van der Waals surface area (Å²) in [5.74, 6) is 0.0398. The van der Waals surface area contributed by atoms with E-state index in [1.807, 2.05) is 44.2 Å². The van der Waals surface area contributed by atoms with E-state index in [4.69, 9.17) is 4.74 Å². The first-order valence-electron chi connectivity index (χ1n) is 8.35. The van der Waals surface area contributed by atoms with Crippen molar-refractivity contribution >= 4 is 11.9 Å². The predicted molar refractivity (Wildman–Crippen MR) is 100 cm³/mol. The maximum Gasteiger partial charge on any atom is 2.00 e. The number of hydrogen-bond donors (Lipinski definition) is 0. The molecule has 0 aliphatic carbocycles. The molecule has 0 saturated heterocycles. The molecule has 0 saturated carbocycles. The van der Waals surface area contributed by atoms with Crippen LogP contribution in [-0.4, -0.2) is 22.2 Å². The van der Waals surface area contributed by atoms with E-state index in [0.29, 0.717) is 23.6 Å². The number of para-hydroxylation sites is 2. The summed E-state index contributed by atoms with van der Waals surface area (Å²) in [6, 6.07) is 14.4. The van der Waals surface area contributed by atoms with Crippen LogP contribution in [-0.2, 0) is 24.1 Å². The summed E-state index contributed by atoms with van der Waals surface area (Å²) in [6.45, 7) is 4.05. The zero-order chi connectivity index (χ0) is 18.7. The fourth-order valence-electron chi connectivity index (χ4n) is 2.74. The van der Waals surface area contributed by atoms with Crippen LogP contribution >= 0.6 is 0 Å². The van der Waals surface area contributed by atoms with Gasteiger partial charge in [0.2, 0.25) is 0 Å². The van der Waals surface area contributed by atoms with E-state index >= 15 is 0 Å². The standard InChI is InChI=1S/C20H21N3O3.Cu/c1-4-26-17-12-8-9-15(19(17)24)13-21-18-14(2)22(3)23(20(18)25)16-10-6-5-7-11-16;/h5-13,24H,4H2,1-3H3;/q;+2/p-1. The summed E-state index contributed by atoms with van der Waals surface area (Å²) < 4.78 is 8.62. The van der Waals surface area contributed by atoms with Gasteiger partial charge in [-0.1, -0.05) is 36.1 Å². The monoisotopic (exact) mass is 413 g/mol. The topological polar surface area (TPSA) is 71.6 Å². The number of ether oxygens (including phenoxy) is 1. The Labute approximate surface area is 168 Å². The van der Waals surface area contributed by atoms with Crippen LogP contribution in [0.15, 0.2) is 58.3 Å². The van der Waals surface area contributed by atoms with Gasteiger partial charge >= 0.3 is 17.1 Å². The van der Waals surface area contributed by atoms with Gasteiger partial charge in [0, 0.05) is 13.3 Å². The van der Waals surface area contributed by atoms with Crippen molar-refractivity contribution in [2.24, 2.45) is 12.0 Å². The van der Waals surface area contributed by atoms with Gasteiger partial charge in [0.1, 0.15) is 5.75 Å². The summed E-state index contributed by atoms with van der Waals surface area (Å²) in [5.41, 5.74) is 1.92. The molecule has 0 atom stereocenters. The molecule has 0 fully saturated rings. The molecule has 1 aromatic heterocycles. The smallest absolute Gasteiger partial charge is 0.870 e. The number of nitrogens with zero attached hydrogens (tertiary/aromatic N) is 3. The van der Waals surface area contributed by atoms with Gasteiger partial charge in [-0.05, 0) is 37.6 Å². The Morgan fingerprint density at radius 1 is 1.15 bits per heavy atom. The molecule has 7 heteroatoms. The zero-order valence-electron chi connectivity index (χ0n) is 15.3. The maximum atomic E-state index is 12.8. The second-order valence-electron chi connectivity index (χ2n) is 5.78. The molecule has 3 rings (SSSR count). The van der Waals surface area contributed by atoms with E-state index in [0.717, 1.165) is 5.69 Å². The molecule has 0 aliphatic heterocycles. The van der Waals surface area contributed by atoms with Gasteiger partial charge in [-0.2, -0.15) is 0 Å². The van der Waals surface area contributed by atoms with Crippen molar-refractivity contribution < 1.29 is 26.9 Å². The van der Waals surface area contributed by atoms with E-state index in [9.17, 15) is 9.90 Å². The van der Waals surface area contributed by atoms with E-state index in [1.54, 1.807) is 34.6 Å². The van der Waals surface area contributed by atoms with Gasteiger partial charge in [-0.15, -0.1) is 0 Å². The average molecular weight is 414 g/mol. The van der Waals surface area contributed by atoms with Crippen molar-refractivity contribution in [2.75, 3.05) is 6.61 Å². The Morgan fingerprint density at radius 2 is 1.85 bits per heavy atom. The van der Waals surface area contributed by atoms with Gasteiger partial charge in [-0.25, -0.2) is 9.67 Å². The molecule has 6 nitrogen and oxygen atoms in total. The second kappa shape index (κ2) is 8.75. The minimum absolute atomic E-state index is 0. The summed E-state index contributed by atoms with van der Waals surface area (Å²) in [6.07, 6.45) is 1.42. The van der Waals surface area contributed by atoms with Crippen molar-refractivity contribution in [1.82, 2.24) is 9.36 Å². The fourth-order valence-corrected chi connectivity index (χ4v) is 2.74. The average Bonchev–Trinajstić information content (AvgIpc) is 2.86. The minimum Gasteiger partial charge on any atom is -0.870 e. The summed E-state index contributed by atoms with van der Waals surface area (Å²) in [4.78, 5) is 17.1. The van der Waals surface area contributed by atoms with Crippen LogP contribution in [0.2, 0.25) is 0 Å². The van der Waals surface area contributed by atoms with Crippen LogP contribution in [0.25, 0.3) is 5.69 Å². The Kier molecular flexibility index (Phi) is 6.66. The van der Waals surface area contributed by atoms with Crippen molar-refractivity contribution in [2.45, 2.75) is 13.8 Å². The third kappa shape index (κ3) is 3.99. The van der Waals surface area contributed by atoms with Crippen LogP contribution in [0, 0.1) is 6.92 Å². The summed E-state index contributed by atoms with van der Waals surface area (Å²) in [7, 11) is 1.80. The fraction of sp³-hybridized carbons (Fsp3) is 0.200. The van der Waals surface area contributed by atoms with E-state index in [1.165, 1.54) is 6.21 Å². The molecule has 0 aliphatic rings. The minimum atomic E-state index is -0.241. The van der Waals surface area contributed by atoms with Crippen molar-refractivity contribution in [3.63, 3.8) is 0 Å². The first kappa shape index (κ1) is 20.6. The molecule has 0 unspecified atom stereocenters. The quantitative estimate of drug-likeness (QED) is 0.477. The van der Waals surface area contributed by atoms with Crippen LogP contribution in [0.5, 0.6) is 11.5 Å². The van der Waals surface area contributed by atoms with Gasteiger partial charge in [0.15, 0.2) is 5.69 Å². The van der Waals surface area contributed by atoms with Crippen LogP contribution < -0.4 is 15.4 Å². The molecule has 0 amide bonds. The zero-order valence-corrected chi connectivity index (χ0v) is 16.2. The SMILES string of the molecule is CCOc1cccc(C=Nc2c(C)n(C)n(-c3ccccc3)c2=O)c1[O-].[Cu+2]. The number of aliphatic imine (C=N–C) groups is 1. The van der Waals surface area contributed by atoms with Crippen LogP contribution in [0.4, 0.5) is 5.69 Å². The molecule has 0 spiro atoms. The first-order valence-corrected chi connectivity index (χ1v) is 8.35. The summed E-state index contributed by atoms with van der Waals surface area (Å²) in [5, 5.41) is 12.3. The van der Waals surface area contributed by atoms with Crippen molar-refractivity contribution in [1.29, 1.82) is 0 Å². The predicted octanol–water partition coefficient (Wildman–Crippen LogP) is 2.70. The van der Waals surface area contributed by atoms with Crippen molar-refractivity contribution in [3.05, 3.63) is 70.1 Å². The number of aromatic nitrogens is 2. The van der Waals surface area contributed by atoms with Gasteiger partial charge in [0.25, 0.3) is 5.56 Å². The molecule has 143 valence electrons. The normalized spacial score (nSPS) is 10.8. The molecule has 3 aromatic rings. The molecular formula is C20H20CuN3O3+. The molecular weight excluding hydrogens is 394 g/mol. The van der Waals surface area contributed by atoms with E-state index in [-0.39, 0.29) is 34.1 Å². The largest absolute Gasteiger partial charge is 2.00 e. The molecule has 27 heavy (non-hydrogen) atoms. The molecule has 2 aromatic carbocycles. The number of hydrogen-bond acceptors (Lipinski definition) is 4. The Bertz CT molecular complexity index is 1010.